The van der Waals surface area contributed by atoms with Crippen LogP contribution in [0.15, 0.2) is 0 Å². The molecule has 0 radical (unpaired) electrons. The summed E-state index contributed by atoms with van der Waals surface area (Å²) in [7, 11) is 1.69. The zero-order valence-corrected chi connectivity index (χ0v) is 15.5. The average Bonchev–Trinajstić information content (AvgIpc) is 3.04. The molecule has 0 aliphatic heterocycles. The Labute approximate surface area is 140 Å². The Hall–Kier alpha value is -1.10. The largest absolute Gasteiger partial charge is 0.384 e. The van der Waals surface area contributed by atoms with Gasteiger partial charge in [-0.2, -0.15) is 0 Å². The molecule has 1 saturated carbocycles. The van der Waals surface area contributed by atoms with Crippen LogP contribution in [0, 0.1) is 5.92 Å². The van der Waals surface area contributed by atoms with Gasteiger partial charge in [0.2, 0.25) is 11.8 Å². The molecule has 0 bridgehead atoms. The van der Waals surface area contributed by atoms with E-state index >= 15 is 0 Å². The molecule has 0 aromatic rings. The van der Waals surface area contributed by atoms with E-state index in [9.17, 15) is 9.59 Å². The van der Waals surface area contributed by atoms with Crippen molar-refractivity contribution in [3.63, 3.8) is 0 Å². The van der Waals surface area contributed by atoms with E-state index in [1.165, 1.54) is 0 Å². The number of ether oxygens (including phenoxy) is 1. The molecule has 134 valence electrons. The molecule has 1 rings (SSSR count). The Kier molecular flexibility index (Phi) is 7.52. The SMILES string of the molecule is CCCC(C)(C)NC(=O)CCCCC(=O)NC1(C)CC1COC. The van der Waals surface area contributed by atoms with Gasteiger partial charge in [0.05, 0.1) is 6.61 Å². The molecule has 1 aliphatic rings. The van der Waals surface area contributed by atoms with Crippen LogP contribution in [0.2, 0.25) is 0 Å². The van der Waals surface area contributed by atoms with E-state index in [0.29, 0.717) is 25.4 Å². The van der Waals surface area contributed by atoms with E-state index in [1.807, 2.05) is 0 Å². The van der Waals surface area contributed by atoms with Gasteiger partial charge in [-0.15, -0.1) is 0 Å². The van der Waals surface area contributed by atoms with Crippen molar-refractivity contribution in [3.05, 3.63) is 0 Å². The van der Waals surface area contributed by atoms with Crippen LogP contribution >= 0.6 is 0 Å². The molecule has 0 aromatic carbocycles. The molecule has 0 spiro atoms. The van der Waals surface area contributed by atoms with Gasteiger partial charge in [-0.25, -0.2) is 0 Å². The fraction of sp³-hybridized carbons (Fsp3) is 0.889. The number of rotatable bonds is 11. The number of amides is 2. The van der Waals surface area contributed by atoms with Crippen LogP contribution in [0.5, 0.6) is 0 Å². The smallest absolute Gasteiger partial charge is 0.220 e. The summed E-state index contributed by atoms with van der Waals surface area (Å²) in [5.41, 5.74) is -0.227. The summed E-state index contributed by atoms with van der Waals surface area (Å²) in [6, 6.07) is 0. The molecule has 5 heteroatoms. The van der Waals surface area contributed by atoms with Crippen LogP contribution < -0.4 is 10.6 Å². The van der Waals surface area contributed by atoms with E-state index in [-0.39, 0.29) is 22.9 Å². The van der Waals surface area contributed by atoms with Gasteiger partial charge in [-0.05, 0) is 46.5 Å². The number of hydrogen-bond acceptors (Lipinski definition) is 3. The highest BCUT2D eigenvalue weighted by Crippen LogP contribution is 2.43. The first-order valence-corrected chi connectivity index (χ1v) is 8.83. The number of methoxy groups -OCH3 is 1. The van der Waals surface area contributed by atoms with Crippen LogP contribution in [0.4, 0.5) is 0 Å². The quantitative estimate of drug-likeness (QED) is 0.574. The number of carbonyl (C=O) groups is 2. The third-order valence-electron chi connectivity index (χ3n) is 4.61. The van der Waals surface area contributed by atoms with Crippen LogP contribution in [-0.4, -0.2) is 36.6 Å². The third-order valence-corrected chi connectivity index (χ3v) is 4.61. The third kappa shape index (κ3) is 7.34. The van der Waals surface area contributed by atoms with Gasteiger partial charge >= 0.3 is 0 Å². The predicted octanol–water partition coefficient (Wildman–Crippen LogP) is 2.78. The van der Waals surface area contributed by atoms with Gasteiger partial charge in [0, 0.05) is 36.9 Å². The molecular weight excluding hydrogens is 292 g/mol. The fourth-order valence-corrected chi connectivity index (χ4v) is 3.13. The number of unbranched alkanes of at least 4 members (excludes halogenated alkanes) is 1. The van der Waals surface area contributed by atoms with E-state index < -0.39 is 0 Å². The van der Waals surface area contributed by atoms with Crippen LogP contribution in [0.25, 0.3) is 0 Å². The second kappa shape index (κ2) is 8.67. The average molecular weight is 326 g/mol. The van der Waals surface area contributed by atoms with E-state index in [4.69, 9.17) is 4.74 Å². The Morgan fingerprint density at radius 3 is 2.39 bits per heavy atom. The standard InChI is InChI=1S/C18H34N2O3/c1-6-11-17(2,3)19-15(21)9-7-8-10-16(22)20-18(4)12-14(18)13-23-5/h14H,6-13H2,1-5H3,(H,19,21)(H,20,22). The van der Waals surface area contributed by atoms with Crippen molar-refractivity contribution in [1.82, 2.24) is 10.6 Å². The van der Waals surface area contributed by atoms with Crippen LogP contribution in [-0.2, 0) is 14.3 Å². The Morgan fingerprint density at radius 1 is 1.22 bits per heavy atom. The maximum Gasteiger partial charge on any atom is 0.220 e. The van der Waals surface area contributed by atoms with Gasteiger partial charge in [-0.1, -0.05) is 13.3 Å². The molecule has 5 nitrogen and oxygen atoms in total. The highest BCUT2D eigenvalue weighted by Gasteiger charge is 2.50. The van der Waals surface area contributed by atoms with Gasteiger partial charge in [-0.3, -0.25) is 9.59 Å². The predicted molar refractivity (Wildman–Crippen MR) is 92.1 cm³/mol. The monoisotopic (exact) mass is 326 g/mol. The second-order valence-electron chi connectivity index (χ2n) is 7.71. The van der Waals surface area contributed by atoms with Gasteiger partial charge < -0.3 is 15.4 Å². The van der Waals surface area contributed by atoms with Crippen molar-refractivity contribution in [3.8, 4) is 0 Å². The van der Waals surface area contributed by atoms with Crippen molar-refractivity contribution < 1.29 is 14.3 Å². The second-order valence-corrected chi connectivity index (χ2v) is 7.71. The van der Waals surface area contributed by atoms with Crippen molar-refractivity contribution in [1.29, 1.82) is 0 Å². The minimum absolute atomic E-state index is 0.0813. The summed E-state index contributed by atoms with van der Waals surface area (Å²) >= 11 is 0. The van der Waals surface area contributed by atoms with E-state index in [2.05, 4.69) is 38.3 Å². The summed E-state index contributed by atoms with van der Waals surface area (Å²) in [6.07, 6.45) is 5.49. The Balaban J connectivity index is 2.13. The minimum atomic E-state index is -0.139. The topological polar surface area (TPSA) is 67.4 Å². The summed E-state index contributed by atoms with van der Waals surface area (Å²) in [4.78, 5) is 23.9. The summed E-state index contributed by atoms with van der Waals surface area (Å²) in [5.74, 6) is 0.596. The van der Waals surface area contributed by atoms with Crippen LogP contribution in [0.3, 0.4) is 0 Å². The van der Waals surface area contributed by atoms with Crippen molar-refractivity contribution >= 4 is 11.8 Å². The molecule has 2 N–H and O–H groups in total. The molecule has 1 fully saturated rings. The molecule has 0 aromatic heterocycles. The van der Waals surface area contributed by atoms with Gasteiger partial charge in [0.25, 0.3) is 0 Å². The fourth-order valence-electron chi connectivity index (χ4n) is 3.13. The summed E-state index contributed by atoms with van der Waals surface area (Å²) in [6.45, 7) is 8.98. The van der Waals surface area contributed by atoms with Crippen molar-refractivity contribution in [2.24, 2.45) is 5.92 Å². The molecule has 0 saturated heterocycles. The zero-order valence-electron chi connectivity index (χ0n) is 15.5. The first-order chi connectivity index (χ1) is 10.7. The number of nitrogens with one attached hydrogen (secondary N) is 2. The molecule has 0 heterocycles. The first kappa shape index (κ1) is 19.9. The van der Waals surface area contributed by atoms with E-state index in [0.717, 1.165) is 32.1 Å². The zero-order chi connectivity index (χ0) is 17.5. The lowest BCUT2D eigenvalue weighted by molar-refractivity contribution is -0.124. The molecule has 2 unspecified atom stereocenters. The lowest BCUT2D eigenvalue weighted by Gasteiger charge is -2.25. The van der Waals surface area contributed by atoms with Crippen molar-refractivity contribution in [2.75, 3.05) is 13.7 Å². The highest BCUT2D eigenvalue weighted by atomic mass is 16.5. The molecule has 2 amide bonds. The maximum absolute atomic E-state index is 12.0. The van der Waals surface area contributed by atoms with Crippen molar-refractivity contribution in [2.45, 2.75) is 83.7 Å². The minimum Gasteiger partial charge on any atom is -0.384 e. The first-order valence-electron chi connectivity index (χ1n) is 8.83. The Bertz CT molecular complexity index is 409. The van der Waals surface area contributed by atoms with Gasteiger partial charge in [0.15, 0.2) is 0 Å². The number of hydrogen-bond donors (Lipinski definition) is 2. The number of carbonyl (C=O) groups excluding carboxylic acids is 2. The lowest BCUT2D eigenvalue weighted by atomic mass is 9.98. The normalized spacial score (nSPS) is 23.4. The van der Waals surface area contributed by atoms with Crippen LogP contribution in [0.1, 0.15) is 72.6 Å². The molecule has 2 atom stereocenters. The summed E-state index contributed by atoms with van der Waals surface area (Å²) < 4.78 is 5.13. The highest BCUT2D eigenvalue weighted by molar-refractivity contribution is 5.78. The summed E-state index contributed by atoms with van der Waals surface area (Å²) in [5, 5.41) is 6.15. The molecule has 23 heavy (non-hydrogen) atoms. The lowest BCUT2D eigenvalue weighted by Crippen LogP contribution is -2.43. The van der Waals surface area contributed by atoms with Gasteiger partial charge in [0.1, 0.15) is 0 Å². The maximum atomic E-state index is 12.0. The molecular formula is C18H34N2O3. The molecule has 1 aliphatic carbocycles. The Morgan fingerprint density at radius 2 is 1.83 bits per heavy atom. The van der Waals surface area contributed by atoms with E-state index in [1.54, 1.807) is 7.11 Å².